The van der Waals surface area contributed by atoms with Gasteiger partial charge in [0.1, 0.15) is 5.82 Å². The third kappa shape index (κ3) is 2.14. The van der Waals surface area contributed by atoms with E-state index in [2.05, 4.69) is 9.97 Å². The van der Waals surface area contributed by atoms with Crippen molar-refractivity contribution in [3.63, 3.8) is 0 Å². The van der Waals surface area contributed by atoms with Gasteiger partial charge in [-0.1, -0.05) is 24.3 Å². The fourth-order valence-corrected chi connectivity index (χ4v) is 1.44. The molecule has 0 unspecified atom stereocenters. The van der Waals surface area contributed by atoms with Crippen LogP contribution < -0.4 is 0 Å². The topological polar surface area (TPSA) is 42.9 Å². The third-order valence-electron chi connectivity index (χ3n) is 2.41. The monoisotopic (exact) mass is 212 g/mol. The molecule has 0 atom stereocenters. The Kier molecular flexibility index (Phi) is 2.77. The largest absolute Gasteiger partial charge is 0.295 e. The Morgan fingerprint density at radius 3 is 2.06 bits per heavy atom. The van der Waals surface area contributed by atoms with Gasteiger partial charge in [0.15, 0.2) is 5.78 Å². The maximum absolute atomic E-state index is 11.1. The van der Waals surface area contributed by atoms with Gasteiger partial charge in [-0.2, -0.15) is 0 Å². The molecule has 0 bridgehead atoms. The molecular weight excluding hydrogens is 200 g/mol. The quantitative estimate of drug-likeness (QED) is 0.719. The molecule has 0 saturated heterocycles. The predicted octanol–water partition coefficient (Wildman–Crippen LogP) is 2.65. The highest BCUT2D eigenvalue weighted by Gasteiger charge is 2.01. The number of carbonyl (C=O) groups is 1. The van der Waals surface area contributed by atoms with Gasteiger partial charge in [-0.3, -0.25) is 4.79 Å². The van der Waals surface area contributed by atoms with Crippen molar-refractivity contribution in [2.24, 2.45) is 0 Å². The van der Waals surface area contributed by atoms with Crippen LogP contribution in [-0.2, 0) is 0 Å². The van der Waals surface area contributed by atoms with E-state index in [4.69, 9.17) is 0 Å². The molecule has 1 aromatic heterocycles. The van der Waals surface area contributed by atoms with Gasteiger partial charge in [0, 0.05) is 23.5 Å². The Morgan fingerprint density at radius 2 is 1.56 bits per heavy atom. The Labute approximate surface area is 94.2 Å². The summed E-state index contributed by atoms with van der Waals surface area (Å²) >= 11 is 0. The predicted molar refractivity (Wildman–Crippen MR) is 62.2 cm³/mol. The standard InChI is InChI=1S/C13H12N2O/c1-9(16)11-3-5-12(6-4-11)13-7-14-10(2)15-8-13/h3-8H,1-2H3. The van der Waals surface area contributed by atoms with E-state index in [1.54, 1.807) is 19.3 Å². The van der Waals surface area contributed by atoms with Gasteiger partial charge in [-0.05, 0) is 19.4 Å². The van der Waals surface area contributed by atoms with Crippen LogP contribution in [0.15, 0.2) is 36.7 Å². The zero-order valence-electron chi connectivity index (χ0n) is 9.27. The maximum Gasteiger partial charge on any atom is 0.159 e. The minimum absolute atomic E-state index is 0.0757. The number of carbonyl (C=O) groups excluding carboxylic acids is 1. The Bertz CT molecular complexity index is 500. The van der Waals surface area contributed by atoms with Crippen LogP contribution in [0.5, 0.6) is 0 Å². The van der Waals surface area contributed by atoms with E-state index in [1.165, 1.54) is 0 Å². The summed E-state index contributed by atoms with van der Waals surface area (Å²) in [6.07, 6.45) is 3.57. The summed E-state index contributed by atoms with van der Waals surface area (Å²) in [5.41, 5.74) is 2.70. The highest BCUT2D eigenvalue weighted by molar-refractivity contribution is 5.94. The number of aromatic nitrogens is 2. The van der Waals surface area contributed by atoms with Crippen LogP contribution in [0.2, 0.25) is 0 Å². The number of rotatable bonds is 2. The van der Waals surface area contributed by atoms with E-state index in [0.717, 1.165) is 22.5 Å². The second-order valence-electron chi connectivity index (χ2n) is 3.65. The molecule has 0 amide bonds. The average molecular weight is 212 g/mol. The van der Waals surface area contributed by atoms with Gasteiger partial charge in [0.05, 0.1) is 0 Å². The number of hydrogen-bond donors (Lipinski definition) is 0. The SMILES string of the molecule is CC(=O)c1ccc(-c2cnc(C)nc2)cc1. The van der Waals surface area contributed by atoms with Crippen LogP contribution in [0.4, 0.5) is 0 Å². The van der Waals surface area contributed by atoms with Crippen molar-refractivity contribution in [1.29, 1.82) is 0 Å². The van der Waals surface area contributed by atoms with Crippen LogP contribution in [-0.4, -0.2) is 15.8 Å². The van der Waals surface area contributed by atoms with E-state index in [0.29, 0.717) is 0 Å². The first kappa shape index (κ1) is 10.5. The van der Waals surface area contributed by atoms with E-state index < -0.39 is 0 Å². The van der Waals surface area contributed by atoms with Crippen molar-refractivity contribution in [2.45, 2.75) is 13.8 Å². The van der Waals surface area contributed by atoms with Crippen molar-refractivity contribution >= 4 is 5.78 Å². The van der Waals surface area contributed by atoms with Gasteiger partial charge in [-0.25, -0.2) is 9.97 Å². The lowest BCUT2D eigenvalue weighted by molar-refractivity contribution is 0.101. The first-order valence-corrected chi connectivity index (χ1v) is 5.07. The Morgan fingerprint density at radius 1 is 1.00 bits per heavy atom. The highest BCUT2D eigenvalue weighted by Crippen LogP contribution is 2.18. The lowest BCUT2D eigenvalue weighted by atomic mass is 10.1. The van der Waals surface area contributed by atoms with Crippen molar-refractivity contribution in [3.8, 4) is 11.1 Å². The first-order valence-electron chi connectivity index (χ1n) is 5.07. The lowest BCUT2D eigenvalue weighted by Gasteiger charge is -2.02. The zero-order chi connectivity index (χ0) is 11.5. The molecule has 0 saturated carbocycles. The molecule has 2 rings (SSSR count). The number of aryl methyl sites for hydroxylation is 1. The minimum Gasteiger partial charge on any atom is -0.295 e. The molecule has 0 spiro atoms. The summed E-state index contributed by atoms with van der Waals surface area (Å²) in [7, 11) is 0. The fraction of sp³-hybridized carbons (Fsp3) is 0.154. The molecule has 0 N–H and O–H groups in total. The summed E-state index contributed by atoms with van der Waals surface area (Å²) < 4.78 is 0. The summed E-state index contributed by atoms with van der Waals surface area (Å²) in [6.45, 7) is 3.41. The smallest absolute Gasteiger partial charge is 0.159 e. The third-order valence-corrected chi connectivity index (χ3v) is 2.41. The molecule has 2 aromatic rings. The molecule has 16 heavy (non-hydrogen) atoms. The molecule has 0 aliphatic heterocycles. The van der Waals surface area contributed by atoms with Crippen molar-refractivity contribution in [3.05, 3.63) is 48.0 Å². The number of Topliss-reactive ketones (excluding diaryl/α,β-unsaturated/α-hetero) is 1. The molecule has 1 aromatic carbocycles. The van der Waals surface area contributed by atoms with Gasteiger partial charge >= 0.3 is 0 Å². The Balaban J connectivity index is 2.34. The van der Waals surface area contributed by atoms with E-state index in [1.807, 2.05) is 31.2 Å². The molecule has 80 valence electrons. The minimum atomic E-state index is 0.0757. The molecular formula is C13H12N2O. The van der Waals surface area contributed by atoms with Crippen molar-refractivity contribution in [1.82, 2.24) is 9.97 Å². The summed E-state index contributed by atoms with van der Waals surface area (Å²) in [6, 6.07) is 7.45. The van der Waals surface area contributed by atoms with E-state index >= 15 is 0 Å². The molecule has 1 heterocycles. The van der Waals surface area contributed by atoms with Crippen LogP contribution in [0.3, 0.4) is 0 Å². The van der Waals surface area contributed by atoms with Crippen molar-refractivity contribution < 1.29 is 4.79 Å². The highest BCUT2D eigenvalue weighted by atomic mass is 16.1. The summed E-state index contributed by atoms with van der Waals surface area (Å²) in [5.74, 6) is 0.829. The van der Waals surface area contributed by atoms with Gasteiger partial charge in [0.25, 0.3) is 0 Å². The number of hydrogen-bond acceptors (Lipinski definition) is 3. The molecule has 0 aliphatic rings. The van der Waals surface area contributed by atoms with Crippen LogP contribution >= 0.6 is 0 Å². The molecule has 0 aliphatic carbocycles. The van der Waals surface area contributed by atoms with E-state index in [-0.39, 0.29) is 5.78 Å². The first-order chi connectivity index (χ1) is 7.66. The van der Waals surface area contributed by atoms with E-state index in [9.17, 15) is 4.79 Å². The molecule has 3 heteroatoms. The second kappa shape index (κ2) is 4.23. The molecule has 0 radical (unpaired) electrons. The summed E-state index contributed by atoms with van der Waals surface area (Å²) in [4.78, 5) is 19.4. The number of benzene rings is 1. The average Bonchev–Trinajstić information content (AvgIpc) is 2.30. The Hall–Kier alpha value is -2.03. The fourth-order valence-electron chi connectivity index (χ4n) is 1.44. The normalized spacial score (nSPS) is 10.1. The second-order valence-corrected chi connectivity index (χ2v) is 3.65. The van der Waals surface area contributed by atoms with Crippen molar-refractivity contribution in [2.75, 3.05) is 0 Å². The molecule has 3 nitrogen and oxygen atoms in total. The zero-order valence-corrected chi connectivity index (χ0v) is 9.27. The number of nitrogens with zero attached hydrogens (tertiary/aromatic N) is 2. The maximum atomic E-state index is 11.1. The number of ketones is 1. The van der Waals surface area contributed by atoms with Crippen LogP contribution in [0.1, 0.15) is 23.1 Å². The lowest BCUT2D eigenvalue weighted by Crippen LogP contribution is -1.92. The van der Waals surface area contributed by atoms with Crippen LogP contribution in [0.25, 0.3) is 11.1 Å². The molecule has 0 fully saturated rings. The van der Waals surface area contributed by atoms with Gasteiger partial charge in [-0.15, -0.1) is 0 Å². The van der Waals surface area contributed by atoms with Gasteiger partial charge < -0.3 is 0 Å². The van der Waals surface area contributed by atoms with Crippen LogP contribution in [0, 0.1) is 6.92 Å². The van der Waals surface area contributed by atoms with Gasteiger partial charge in [0.2, 0.25) is 0 Å². The summed E-state index contributed by atoms with van der Waals surface area (Å²) in [5, 5.41) is 0.